The molecule has 140 valence electrons. The average molecular weight is 372 g/mol. The van der Waals surface area contributed by atoms with Crippen LogP contribution < -0.4 is 0 Å². The van der Waals surface area contributed by atoms with Crippen LogP contribution in [0.15, 0.2) is 48.5 Å². The van der Waals surface area contributed by atoms with E-state index in [4.69, 9.17) is 4.74 Å². The lowest BCUT2D eigenvalue weighted by Gasteiger charge is -2.17. The number of nitrogens with zero attached hydrogens (tertiary/aromatic N) is 1. The van der Waals surface area contributed by atoms with Crippen LogP contribution in [0.2, 0.25) is 0 Å². The van der Waals surface area contributed by atoms with Crippen molar-refractivity contribution in [3.63, 3.8) is 0 Å². The van der Waals surface area contributed by atoms with Crippen molar-refractivity contribution in [2.45, 2.75) is 26.0 Å². The van der Waals surface area contributed by atoms with Gasteiger partial charge in [-0.25, -0.2) is 0 Å². The second kappa shape index (κ2) is 6.17. The number of ketones is 2. The van der Waals surface area contributed by atoms with Gasteiger partial charge >= 0.3 is 0 Å². The second-order valence-corrected chi connectivity index (χ2v) is 7.34. The van der Waals surface area contributed by atoms with Gasteiger partial charge in [-0.05, 0) is 31.0 Å². The number of para-hydroxylation sites is 2. The van der Waals surface area contributed by atoms with Gasteiger partial charge in [-0.1, -0.05) is 36.4 Å². The number of fused-ring (bicyclic) bond motifs is 6. The molecule has 2 heterocycles. The molecule has 5 rings (SSSR count). The highest BCUT2D eigenvalue weighted by molar-refractivity contribution is 6.20. The Morgan fingerprint density at radius 3 is 2.61 bits per heavy atom. The molecule has 2 aromatic heterocycles. The van der Waals surface area contributed by atoms with Crippen LogP contribution in [0.1, 0.15) is 40.2 Å². The summed E-state index contributed by atoms with van der Waals surface area (Å²) in [4.78, 5) is 29.8. The quantitative estimate of drug-likeness (QED) is 0.587. The number of benzene rings is 2. The molecule has 5 nitrogen and oxygen atoms in total. The zero-order valence-corrected chi connectivity index (χ0v) is 15.8. The number of Topliss-reactive ketones (excluding diaryl/α,β-unsaturated/α-hetero) is 1. The Kier molecular flexibility index (Phi) is 3.74. The highest BCUT2D eigenvalue weighted by Crippen LogP contribution is 2.40. The minimum absolute atomic E-state index is 0.0485. The molecule has 1 unspecified atom stereocenters. The third-order valence-electron chi connectivity index (χ3n) is 5.77. The number of rotatable bonds is 3. The van der Waals surface area contributed by atoms with Crippen molar-refractivity contribution in [1.29, 1.82) is 0 Å². The van der Waals surface area contributed by atoms with Gasteiger partial charge in [0.05, 0.1) is 22.7 Å². The first-order valence-electron chi connectivity index (χ1n) is 9.36. The Morgan fingerprint density at radius 1 is 1.14 bits per heavy atom. The molecule has 1 aliphatic rings. The van der Waals surface area contributed by atoms with Crippen LogP contribution in [0.3, 0.4) is 0 Å². The predicted molar refractivity (Wildman–Crippen MR) is 108 cm³/mol. The van der Waals surface area contributed by atoms with Gasteiger partial charge in [-0.2, -0.15) is 0 Å². The number of aromatic nitrogens is 2. The maximum atomic E-state index is 13.7. The Labute approximate surface area is 161 Å². The molecule has 4 aromatic rings. The predicted octanol–water partition coefficient (Wildman–Crippen LogP) is 4.19. The summed E-state index contributed by atoms with van der Waals surface area (Å²) < 4.78 is 7.40. The third-order valence-corrected chi connectivity index (χ3v) is 5.77. The van der Waals surface area contributed by atoms with E-state index in [-0.39, 0.29) is 11.6 Å². The molecule has 0 saturated heterocycles. The van der Waals surface area contributed by atoms with Gasteiger partial charge in [0.15, 0.2) is 0 Å². The number of ether oxygens (including phenoxy) is 1. The Bertz CT molecular complexity index is 1260. The molecule has 28 heavy (non-hydrogen) atoms. The number of nitrogens with one attached hydrogen (secondary N) is 1. The summed E-state index contributed by atoms with van der Waals surface area (Å²) in [6.45, 7) is 1.90. The molecule has 1 N–H and O–H groups in total. The molecule has 0 amide bonds. The van der Waals surface area contributed by atoms with Gasteiger partial charge in [-0.15, -0.1) is 0 Å². The molecule has 0 fully saturated rings. The zero-order valence-electron chi connectivity index (χ0n) is 15.8. The van der Waals surface area contributed by atoms with Crippen LogP contribution in [-0.4, -0.2) is 28.2 Å². The minimum Gasteiger partial charge on any atom is -0.364 e. The molecule has 1 aliphatic carbocycles. The van der Waals surface area contributed by atoms with E-state index in [1.165, 1.54) is 0 Å². The lowest BCUT2D eigenvalue weighted by Crippen LogP contribution is -2.18. The minimum atomic E-state index is -0.401. The van der Waals surface area contributed by atoms with Crippen molar-refractivity contribution in [3.8, 4) is 0 Å². The maximum absolute atomic E-state index is 13.7. The number of carbonyl (C=O) groups is 2. The molecule has 0 aliphatic heterocycles. The Hall–Kier alpha value is -3.18. The number of hydrogen-bond acceptors (Lipinski definition) is 3. The fourth-order valence-corrected chi connectivity index (χ4v) is 4.56. The van der Waals surface area contributed by atoms with Gasteiger partial charge < -0.3 is 14.3 Å². The van der Waals surface area contributed by atoms with E-state index < -0.39 is 5.92 Å². The Morgan fingerprint density at radius 2 is 1.86 bits per heavy atom. The van der Waals surface area contributed by atoms with Crippen molar-refractivity contribution in [2.75, 3.05) is 7.11 Å². The normalized spacial score (nSPS) is 16.2. The number of hydrogen-bond donors (Lipinski definition) is 1. The monoisotopic (exact) mass is 372 g/mol. The third kappa shape index (κ3) is 2.23. The first-order chi connectivity index (χ1) is 13.6. The fraction of sp³-hybridized carbons (Fsp3) is 0.217. The van der Waals surface area contributed by atoms with Crippen molar-refractivity contribution in [3.05, 3.63) is 71.0 Å². The van der Waals surface area contributed by atoms with Crippen molar-refractivity contribution >= 4 is 33.4 Å². The molecular weight excluding hydrogens is 352 g/mol. The van der Waals surface area contributed by atoms with E-state index in [1.54, 1.807) is 14.0 Å². The molecule has 0 bridgehead atoms. The topological polar surface area (TPSA) is 64.1 Å². The summed E-state index contributed by atoms with van der Waals surface area (Å²) in [5.74, 6) is -0.412. The van der Waals surface area contributed by atoms with Gasteiger partial charge in [-0.3, -0.25) is 9.59 Å². The Balaban J connectivity index is 1.90. The van der Waals surface area contributed by atoms with Crippen molar-refractivity contribution < 1.29 is 14.3 Å². The van der Waals surface area contributed by atoms with Crippen LogP contribution in [0.5, 0.6) is 0 Å². The molecule has 0 radical (unpaired) electrons. The van der Waals surface area contributed by atoms with Crippen LogP contribution in [-0.2, 0) is 22.7 Å². The van der Waals surface area contributed by atoms with E-state index in [1.807, 2.05) is 53.1 Å². The number of carbonyl (C=O) groups excluding carboxylic acids is 2. The smallest absolute Gasteiger partial charge is 0.211 e. The first kappa shape index (κ1) is 17.0. The molecule has 2 aromatic carbocycles. The van der Waals surface area contributed by atoms with Crippen molar-refractivity contribution in [1.82, 2.24) is 9.55 Å². The van der Waals surface area contributed by atoms with E-state index in [0.717, 1.165) is 33.1 Å². The molecule has 5 heteroatoms. The first-order valence-corrected chi connectivity index (χ1v) is 9.36. The molecule has 0 spiro atoms. The van der Waals surface area contributed by atoms with Crippen molar-refractivity contribution in [2.24, 2.45) is 0 Å². The average Bonchev–Trinajstić information content (AvgIpc) is 3.18. The highest BCUT2D eigenvalue weighted by atomic mass is 16.5. The van der Waals surface area contributed by atoms with Crippen LogP contribution in [0.25, 0.3) is 21.8 Å². The van der Waals surface area contributed by atoms with Gasteiger partial charge in [0.2, 0.25) is 5.78 Å². The summed E-state index contributed by atoms with van der Waals surface area (Å²) >= 11 is 0. The lowest BCUT2D eigenvalue weighted by molar-refractivity contribution is -0.118. The molecule has 1 atom stereocenters. The highest BCUT2D eigenvalue weighted by Gasteiger charge is 2.36. The second-order valence-electron chi connectivity index (χ2n) is 7.34. The van der Waals surface area contributed by atoms with Crippen LogP contribution in [0, 0.1) is 0 Å². The zero-order chi connectivity index (χ0) is 19.4. The number of H-pyrrole nitrogens is 1. The lowest BCUT2D eigenvalue weighted by atomic mass is 9.92. The van der Waals surface area contributed by atoms with E-state index in [9.17, 15) is 9.59 Å². The van der Waals surface area contributed by atoms with Gasteiger partial charge in [0.25, 0.3) is 0 Å². The maximum Gasteiger partial charge on any atom is 0.211 e. The van der Waals surface area contributed by atoms with Gasteiger partial charge in [0.1, 0.15) is 12.5 Å². The standard InChI is InChI=1S/C23H20N2O3/c1-13(26)16-11-17-14-7-3-5-9-18(14)24-21(17)23(27)20-15-8-4-6-10-19(15)25(12-28-2)22(16)20/h3-10,16,24H,11-12H2,1-2H3. The van der Waals surface area contributed by atoms with Crippen LogP contribution >= 0.6 is 0 Å². The van der Waals surface area contributed by atoms with E-state index >= 15 is 0 Å². The number of aromatic amines is 1. The van der Waals surface area contributed by atoms with E-state index in [2.05, 4.69) is 4.98 Å². The molecular formula is C23H20N2O3. The summed E-state index contributed by atoms with van der Waals surface area (Å²) in [6.07, 6.45) is 0.494. The van der Waals surface area contributed by atoms with Gasteiger partial charge in [0, 0.05) is 29.1 Å². The molecule has 0 saturated carbocycles. The summed E-state index contributed by atoms with van der Waals surface area (Å²) in [6, 6.07) is 15.7. The summed E-state index contributed by atoms with van der Waals surface area (Å²) in [5.41, 5.74) is 4.71. The van der Waals surface area contributed by atoms with Crippen LogP contribution in [0.4, 0.5) is 0 Å². The number of methoxy groups -OCH3 is 1. The fourth-order valence-electron chi connectivity index (χ4n) is 4.56. The SMILES string of the molecule is COCn1c2c(c3ccccc31)C(=O)c1[nH]c3ccccc3c1CC2C(C)=O. The largest absolute Gasteiger partial charge is 0.364 e. The van der Waals surface area contributed by atoms with E-state index in [0.29, 0.717) is 24.4 Å². The summed E-state index contributed by atoms with van der Waals surface area (Å²) in [5, 5.41) is 1.86. The summed E-state index contributed by atoms with van der Waals surface area (Å²) in [7, 11) is 1.62.